The molecule has 0 saturated heterocycles. The largest absolute Gasteiger partial charge is 0.497 e. The molecule has 0 bridgehead atoms. The van der Waals surface area contributed by atoms with Crippen molar-refractivity contribution in [1.29, 1.82) is 0 Å². The van der Waals surface area contributed by atoms with Crippen molar-refractivity contribution in [2.24, 2.45) is 0 Å². The van der Waals surface area contributed by atoms with Gasteiger partial charge in [0, 0.05) is 31.3 Å². The molecule has 1 atom stereocenters. The van der Waals surface area contributed by atoms with E-state index < -0.39 is 6.04 Å². The van der Waals surface area contributed by atoms with Gasteiger partial charge >= 0.3 is 0 Å². The fourth-order valence-electron chi connectivity index (χ4n) is 6.16. The van der Waals surface area contributed by atoms with Gasteiger partial charge in [-0.05, 0) is 47.2 Å². The van der Waals surface area contributed by atoms with E-state index >= 15 is 0 Å². The molecule has 1 fully saturated rings. The SMILES string of the molecule is COc1cccc(CN(C(=O)CC(c2ccccc2)c2ccccc2)[C@H](Cc2ccccc2)C(=O)NC2CCCCC2)c1. The minimum Gasteiger partial charge on any atom is -0.497 e. The first-order valence-electron chi connectivity index (χ1n) is 15.5. The fourth-order valence-corrected chi connectivity index (χ4v) is 6.16. The number of benzene rings is 4. The highest BCUT2D eigenvalue weighted by atomic mass is 16.5. The van der Waals surface area contributed by atoms with Crippen molar-refractivity contribution >= 4 is 11.8 Å². The summed E-state index contributed by atoms with van der Waals surface area (Å²) in [5.41, 5.74) is 4.11. The van der Waals surface area contributed by atoms with Crippen LogP contribution in [0.3, 0.4) is 0 Å². The van der Waals surface area contributed by atoms with Crippen LogP contribution in [0.2, 0.25) is 0 Å². The summed E-state index contributed by atoms with van der Waals surface area (Å²) < 4.78 is 5.50. The monoisotopic (exact) mass is 574 g/mol. The molecule has 4 aromatic rings. The summed E-state index contributed by atoms with van der Waals surface area (Å²) in [5, 5.41) is 3.34. The molecule has 0 aliphatic heterocycles. The normalized spacial score (nSPS) is 14.2. The average molecular weight is 575 g/mol. The zero-order valence-electron chi connectivity index (χ0n) is 25.0. The maximum absolute atomic E-state index is 14.6. The van der Waals surface area contributed by atoms with Crippen molar-refractivity contribution in [1.82, 2.24) is 10.2 Å². The van der Waals surface area contributed by atoms with Crippen molar-refractivity contribution in [3.63, 3.8) is 0 Å². The predicted molar refractivity (Wildman–Crippen MR) is 172 cm³/mol. The molecule has 1 aliphatic carbocycles. The molecule has 0 spiro atoms. The second kappa shape index (κ2) is 15.2. The van der Waals surface area contributed by atoms with Crippen molar-refractivity contribution in [2.45, 2.75) is 69.5 Å². The summed E-state index contributed by atoms with van der Waals surface area (Å²) >= 11 is 0. The van der Waals surface area contributed by atoms with Gasteiger partial charge in [-0.3, -0.25) is 9.59 Å². The summed E-state index contributed by atoms with van der Waals surface area (Å²) in [7, 11) is 1.64. The van der Waals surface area contributed by atoms with Crippen LogP contribution in [-0.2, 0) is 22.6 Å². The van der Waals surface area contributed by atoms with Crippen LogP contribution < -0.4 is 10.1 Å². The molecule has 5 heteroatoms. The van der Waals surface area contributed by atoms with E-state index in [-0.39, 0.29) is 30.2 Å². The molecule has 0 radical (unpaired) electrons. The van der Waals surface area contributed by atoms with Crippen LogP contribution in [0, 0.1) is 0 Å². The van der Waals surface area contributed by atoms with Gasteiger partial charge in [-0.2, -0.15) is 0 Å². The minimum absolute atomic E-state index is 0.0553. The zero-order chi connectivity index (χ0) is 29.9. The van der Waals surface area contributed by atoms with Gasteiger partial charge in [0.15, 0.2) is 0 Å². The van der Waals surface area contributed by atoms with Gasteiger partial charge in [0.05, 0.1) is 7.11 Å². The third-order valence-corrected chi connectivity index (χ3v) is 8.49. The van der Waals surface area contributed by atoms with Crippen LogP contribution in [0.4, 0.5) is 0 Å². The van der Waals surface area contributed by atoms with Crippen molar-refractivity contribution in [2.75, 3.05) is 7.11 Å². The third kappa shape index (κ3) is 8.35. The van der Waals surface area contributed by atoms with Gasteiger partial charge in [0.1, 0.15) is 11.8 Å². The van der Waals surface area contributed by atoms with Crippen LogP contribution in [0.25, 0.3) is 0 Å². The maximum Gasteiger partial charge on any atom is 0.243 e. The van der Waals surface area contributed by atoms with E-state index in [0.717, 1.165) is 53.7 Å². The predicted octanol–water partition coefficient (Wildman–Crippen LogP) is 7.31. The number of ether oxygens (including phenoxy) is 1. The lowest BCUT2D eigenvalue weighted by atomic mass is 9.87. The molecule has 1 aliphatic rings. The number of nitrogens with one attached hydrogen (secondary N) is 1. The van der Waals surface area contributed by atoms with E-state index in [9.17, 15) is 9.59 Å². The van der Waals surface area contributed by atoms with Crippen LogP contribution >= 0.6 is 0 Å². The molecule has 1 saturated carbocycles. The van der Waals surface area contributed by atoms with E-state index in [4.69, 9.17) is 4.74 Å². The van der Waals surface area contributed by atoms with Gasteiger partial charge in [0.2, 0.25) is 11.8 Å². The molecule has 2 amide bonds. The molecule has 0 aromatic heterocycles. The minimum atomic E-state index is -0.657. The van der Waals surface area contributed by atoms with Crippen LogP contribution in [0.5, 0.6) is 5.75 Å². The number of hydrogen-bond acceptors (Lipinski definition) is 3. The molecule has 43 heavy (non-hydrogen) atoms. The van der Waals surface area contributed by atoms with Crippen LogP contribution in [0.15, 0.2) is 115 Å². The van der Waals surface area contributed by atoms with E-state index in [0.29, 0.717) is 13.0 Å². The Morgan fingerprint density at radius 3 is 1.95 bits per heavy atom. The highest BCUT2D eigenvalue weighted by Crippen LogP contribution is 2.30. The Labute approximate surface area is 255 Å². The number of methoxy groups -OCH3 is 1. The van der Waals surface area contributed by atoms with Gasteiger partial charge in [-0.15, -0.1) is 0 Å². The van der Waals surface area contributed by atoms with Gasteiger partial charge in [0.25, 0.3) is 0 Å². The Morgan fingerprint density at radius 1 is 0.767 bits per heavy atom. The summed E-state index contributed by atoms with van der Waals surface area (Å²) in [6.07, 6.45) is 6.11. The van der Waals surface area contributed by atoms with Crippen molar-refractivity contribution in [3.05, 3.63) is 138 Å². The lowest BCUT2D eigenvalue weighted by Gasteiger charge is -2.34. The standard InChI is InChI=1S/C38H42N2O3/c1-43-34-24-14-17-30(25-34)28-40(37(41)27-35(31-18-8-3-9-19-31)32-20-10-4-11-21-32)36(26-29-15-6-2-7-16-29)38(42)39-33-22-12-5-13-23-33/h2-4,6-11,14-21,24-25,33,35-36H,5,12-13,22-23,26-28H2,1H3,(H,39,42)/t36-/m1/s1. The quantitative estimate of drug-likeness (QED) is 0.193. The van der Waals surface area contributed by atoms with E-state index in [1.54, 1.807) is 12.0 Å². The number of carbonyl (C=O) groups is 2. The Kier molecular flexibility index (Phi) is 10.6. The molecule has 4 aromatic carbocycles. The molecule has 0 unspecified atom stereocenters. The molecule has 5 rings (SSSR count). The first-order chi connectivity index (χ1) is 21.1. The van der Waals surface area contributed by atoms with E-state index in [1.165, 1.54) is 6.42 Å². The van der Waals surface area contributed by atoms with Gasteiger partial charge < -0.3 is 15.0 Å². The molecule has 222 valence electrons. The second-order valence-electron chi connectivity index (χ2n) is 11.5. The lowest BCUT2D eigenvalue weighted by molar-refractivity contribution is -0.141. The number of amides is 2. The maximum atomic E-state index is 14.6. The fraction of sp³-hybridized carbons (Fsp3) is 0.316. The van der Waals surface area contributed by atoms with Crippen molar-refractivity contribution in [3.8, 4) is 5.75 Å². The Bertz CT molecular complexity index is 1400. The number of carbonyl (C=O) groups excluding carboxylic acids is 2. The number of hydrogen-bond donors (Lipinski definition) is 1. The van der Waals surface area contributed by atoms with Crippen LogP contribution in [-0.4, -0.2) is 35.9 Å². The molecular formula is C38H42N2O3. The van der Waals surface area contributed by atoms with Crippen LogP contribution in [0.1, 0.15) is 66.7 Å². The number of rotatable bonds is 12. The Balaban J connectivity index is 1.51. The zero-order valence-corrected chi connectivity index (χ0v) is 25.0. The highest BCUT2D eigenvalue weighted by molar-refractivity contribution is 5.88. The van der Waals surface area contributed by atoms with E-state index in [2.05, 4.69) is 29.6 Å². The molecule has 0 heterocycles. The Hall–Kier alpha value is -4.38. The second-order valence-corrected chi connectivity index (χ2v) is 11.5. The lowest BCUT2D eigenvalue weighted by Crippen LogP contribution is -2.53. The smallest absolute Gasteiger partial charge is 0.243 e. The topological polar surface area (TPSA) is 58.6 Å². The molecule has 1 N–H and O–H groups in total. The summed E-state index contributed by atoms with van der Waals surface area (Å²) in [4.78, 5) is 30.6. The van der Waals surface area contributed by atoms with Gasteiger partial charge in [-0.1, -0.05) is 122 Å². The summed E-state index contributed by atoms with van der Waals surface area (Å²) in [6, 6.07) is 37.6. The molecule has 5 nitrogen and oxygen atoms in total. The summed E-state index contributed by atoms with van der Waals surface area (Å²) in [6.45, 7) is 0.307. The Morgan fingerprint density at radius 2 is 1.35 bits per heavy atom. The average Bonchev–Trinajstić information content (AvgIpc) is 3.07. The first kappa shape index (κ1) is 30.1. The van der Waals surface area contributed by atoms with Crippen molar-refractivity contribution < 1.29 is 14.3 Å². The highest BCUT2D eigenvalue weighted by Gasteiger charge is 2.33. The third-order valence-electron chi connectivity index (χ3n) is 8.49. The first-order valence-corrected chi connectivity index (χ1v) is 15.5. The molecular weight excluding hydrogens is 532 g/mol. The summed E-state index contributed by atoms with van der Waals surface area (Å²) in [5.74, 6) is 0.451. The number of nitrogens with zero attached hydrogens (tertiary/aromatic N) is 1. The van der Waals surface area contributed by atoms with Gasteiger partial charge in [-0.25, -0.2) is 0 Å². The van der Waals surface area contributed by atoms with E-state index in [1.807, 2.05) is 91.0 Å².